The molecule has 7 nitrogen and oxygen atoms in total. The Morgan fingerprint density at radius 1 is 1.43 bits per heavy atom. The average molecular weight is 333 g/mol. The summed E-state index contributed by atoms with van der Waals surface area (Å²) in [7, 11) is 0. The van der Waals surface area contributed by atoms with Crippen LogP contribution in [0.25, 0.3) is 0 Å². The molecule has 1 saturated heterocycles. The molecule has 1 aliphatic carbocycles. The molecule has 8 heteroatoms. The first-order chi connectivity index (χ1) is 11.2. The molecule has 2 fully saturated rings. The van der Waals surface area contributed by atoms with Crippen molar-refractivity contribution in [2.24, 2.45) is 0 Å². The van der Waals surface area contributed by atoms with Crippen LogP contribution in [-0.2, 0) is 6.54 Å². The highest BCUT2D eigenvalue weighted by Gasteiger charge is 2.33. The standard InChI is InChI=1S/C15H19N5O2S/c1-9-8-23-12(16-9)7-20-6-2-3-11(20)15-18-13(19-22-15)14(21)17-10-4-5-10/h8,10-11H,2-7H2,1H3,(H,17,21)/t11-/m1/s1. The number of carbonyl (C=O) groups excluding carboxylic acids is 1. The zero-order valence-corrected chi connectivity index (χ0v) is 13.8. The number of carbonyl (C=O) groups is 1. The molecule has 0 aromatic carbocycles. The molecule has 1 aliphatic heterocycles. The van der Waals surface area contributed by atoms with Crippen molar-refractivity contribution in [3.63, 3.8) is 0 Å². The summed E-state index contributed by atoms with van der Waals surface area (Å²) in [6.07, 6.45) is 4.14. The minimum Gasteiger partial charge on any atom is -0.346 e. The first kappa shape index (κ1) is 14.8. The Labute approximate surface area is 138 Å². The SMILES string of the molecule is Cc1csc(CN2CCC[C@@H]2c2nc(C(=O)NC3CC3)no2)n1. The third kappa shape index (κ3) is 3.28. The fraction of sp³-hybridized carbons (Fsp3) is 0.600. The van der Waals surface area contributed by atoms with E-state index in [0.717, 1.165) is 49.5 Å². The van der Waals surface area contributed by atoms with Crippen LogP contribution in [0.3, 0.4) is 0 Å². The van der Waals surface area contributed by atoms with Crippen LogP contribution in [0, 0.1) is 6.92 Å². The number of nitrogens with zero attached hydrogens (tertiary/aromatic N) is 4. The summed E-state index contributed by atoms with van der Waals surface area (Å²) in [5.74, 6) is 0.447. The molecule has 0 spiro atoms. The second-order valence-corrected chi connectivity index (χ2v) is 7.16. The number of aryl methyl sites for hydroxylation is 1. The van der Waals surface area contributed by atoms with Gasteiger partial charge in [-0.15, -0.1) is 11.3 Å². The number of amides is 1. The normalized spacial score (nSPS) is 21.7. The van der Waals surface area contributed by atoms with Gasteiger partial charge in [-0.1, -0.05) is 5.16 Å². The first-order valence-electron chi connectivity index (χ1n) is 7.98. The maximum atomic E-state index is 12.0. The van der Waals surface area contributed by atoms with E-state index >= 15 is 0 Å². The van der Waals surface area contributed by atoms with Crippen LogP contribution < -0.4 is 5.32 Å². The number of hydrogen-bond donors (Lipinski definition) is 1. The number of hydrogen-bond acceptors (Lipinski definition) is 7. The van der Waals surface area contributed by atoms with E-state index in [0.29, 0.717) is 11.9 Å². The fourth-order valence-electron chi connectivity index (χ4n) is 2.88. The van der Waals surface area contributed by atoms with E-state index in [2.05, 4.69) is 30.7 Å². The molecule has 2 aliphatic rings. The fourth-order valence-corrected chi connectivity index (χ4v) is 3.68. The molecule has 3 heterocycles. The van der Waals surface area contributed by atoms with Crippen LogP contribution in [0.5, 0.6) is 0 Å². The smallest absolute Gasteiger partial charge is 0.292 e. The lowest BCUT2D eigenvalue weighted by Gasteiger charge is -2.19. The topological polar surface area (TPSA) is 84.2 Å². The van der Waals surface area contributed by atoms with Crippen LogP contribution in [0.1, 0.15) is 58.9 Å². The Bertz CT molecular complexity index is 708. The summed E-state index contributed by atoms with van der Waals surface area (Å²) in [6.45, 7) is 3.77. The predicted octanol–water partition coefficient (Wildman–Crippen LogP) is 2.06. The van der Waals surface area contributed by atoms with Crippen molar-refractivity contribution in [2.75, 3.05) is 6.54 Å². The summed E-state index contributed by atoms with van der Waals surface area (Å²) in [4.78, 5) is 23.1. The molecule has 1 saturated carbocycles. The maximum absolute atomic E-state index is 12.0. The van der Waals surface area contributed by atoms with Gasteiger partial charge in [0.15, 0.2) is 0 Å². The minimum atomic E-state index is -0.234. The van der Waals surface area contributed by atoms with Gasteiger partial charge in [0, 0.05) is 17.1 Å². The summed E-state index contributed by atoms with van der Waals surface area (Å²) >= 11 is 1.67. The zero-order valence-electron chi connectivity index (χ0n) is 13.0. The Morgan fingerprint density at radius 3 is 3.04 bits per heavy atom. The summed E-state index contributed by atoms with van der Waals surface area (Å²) in [5, 5.41) is 9.89. The quantitative estimate of drug-likeness (QED) is 0.902. The Morgan fingerprint density at radius 2 is 2.30 bits per heavy atom. The molecular formula is C15H19N5O2S. The van der Waals surface area contributed by atoms with Crippen molar-refractivity contribution >= 4 is 17.2 Å². The summed E-state index contributed by atoms with van der Waals surface area (Å²) in [5.41, 5.74) is 1.05. The lowest BCUT2D eigenvalue weighted by Crippen LogP contribution is -2.27. The van der Waals surface area contributed by atoms with E-state index in [4.69, 9.17) is 4.52 Å². The van der Waals surface area contributed by atoms with Gasteiger partial charge in [-0.3, -0.25) is 9.69 Å². The van der Waals surface area contributed by atoms with E-state index < -0.39 is 0 Å². The van der Waals surface area contributed by atoms with Crippen molar-refractivity contribution in [1.29, 1.82) is 0 Å². The van der Waals surface area contributed by atoms with Crippen LogP contribution >= 0.6 is 11.3 Å². The molecule has 2 aromatic rings. The highest BCUT2D eigenvalue weighted by molar-refractivity contribution is 7.09. The zero-order chi connectivity index (χ0) is 15.8. The molecule has 1 amide bonds. The second kappa shape index (κ2) is 6.01. The van der Waals surface area contributed by atoms with Crippen molar-refractivity contribution in [2.45, 2.75) is 51.2 Å². The van der Waals surface area contributed by atoms with Gasteiger partial charge in [0.25, 0.3) is 11.7 Å². The van der Waals surface area contributed by atoms with Crippen molar-refractivity contribution < 1.29 is 9.32 Å². The van der Waals surface area contributed by atoms with E-state index in [1.165, 1.54) is 0 Å². The molecule has 2 aromatic heterocycles. The third-order valence-corrected chi connectivity index (χ3v) is 5.16. The van der Waals surface area contributed by atoms with E-state index in [1.807, 2.05) is 6.92 Å². The van der Waals surface area contributed by atoms with Gasteiger partial charge >= 0.3 is 0 Å². The summed E-state index contributed by atoms with van der Waals surface area (Å²) in [6, 6.07) is 0.370. The van der Waals surface area contributed by atoms with Crippen LogP contribution in [0.2, 0.25) is 0 Å². The average Bonchev–Trinajstić information content (AvgIpc) is 2.96. The van der Waals surface area contributed by atoms with Crippen LogP contribution in [-0.4, -0.2) is 38.5 Å². The van der Waals surface area contributed by atoms with Gasteiger partial charge < -0.3 is 9.84 Å². The molecule has 0 unspecified atom stereocenters. The number of nitrogens with one attached hydrogen (secondary N) is 1. The molecule has 0 radical (unpaired) electrons. The lowest BCUT2D eigenvalue weighted by atomic mass is 10.2. The first-order valence-corrected chi connectivity index (χ1v) is 8.86. The Hall–Kier alpha value is -1.80. The number of likely N-dealkylation sites (tertiary alicyclic amines) is 1. The van der Waals surface area contributed by atoms with Gasteiger partial charge in [0.1, 0.15) is 5.01 Å². The molecule has 0 bridgehead atoms. The number of aromatic nitrogens is 3. The van der Waals surface area contributed by atoms with E-state index in [9.17, 15) is 4.79 Å². The van der Waals surface area contributed by atoms with Gasteiger partial charge in [-0.05, 0) is 39.2 Å². The highest BCUT2D eigenvalue weighted by Crippen LogP contribution is 2.32. The number of thiazole rings is 1. The minimum absolute atomic E-state index is 0.0779. The Kier molecular flexibility index (Phi) is 3.86. The second-order valence-electron chi connectivity index (χ2n) is 6.22. The van der Waals surface area contributed by atoms with Crippen molar-refractivity contribution in [1.82, 2.24) is 25.3 Å². The Balaban J connectivity index is 1.45. The van der Waals surface area contributed by atoms with Crippen molar-refractivity contribution in [3.8, 4) is 0 Å². The van der Waals surface area contributed by atoms with Gasteiger partial charge in [0.05, 0.1) is 12.6 Å². The molecule has 122 valence electrons. The van der Waals surface area contributed by atoms with Gasteiger partial charge in [0.2, 0.25) is 5.89 Å². The van der Waals surface area contributed by atoms with E-state index in [-0.39, 0.29) is 17.8 Å². The molecule has 1 atom stereocenters. The monoisotopic (exact) mass is 333 g/mol. The van der Waals surface area contributed by atoms with Gasteiger partial charge in [-0.25, -0.2) is 4.98 Å². The van der Waals surface area contributed by atoms with E-state index in [1.54, 1.807) is 11.3 Å². The highest BCUT2D eigenvalue weighted by atomic mass is 32.1. The third-order valence-electron chi connectivity index (χ3n) is 4.21. The molecule has 1 N–H and O–H groups in total. The molecular weight excluding hydrogens is 314 g/mol. The van der Waals surface area contributed by atoms with Crippen LogP contribution in [0.4, 0.5) is 0 Å². The van der Waals surface area contributed by atoms with Crippen LogP contribution in [0.15, 0.2) is 9.90 Å². The molecule has 23 heavy (non-hydrogen) atoms. The maximum Gasteiger partial charge on any atom is 0.292 e. The molecule has 4 rings (SSSR count). The lowest BCUT2D eigenvalue weighted by molar-refractivity contribution is 0.0937. The van der Waals surface area contributed by atoms with Gasteiger partial charge in [-0.2, -0.15) is 4.98 Å². The predicted molar refractivity (Wildman–Crippen MR) is 84.0 cm³/mol. The summed E-state index contributed by atoms with van der Waals surface area (Å²) < 4.78 is 5.36. The number of rotatable bonds is 5. The van der Waals surface area contributed by atoms with Crippen molar-refractivity contribution in [3.05, 3.63) is 27.8 Å². The largest absolute Gasteiger partial charge is 0.346 e.